The van der Waals surface area contributed by atoms with Gasteiger partial charge in [-0.05, 0) is 29.3 Å². The number of esters is 1. The predicted molar refractivity (Wildman–Crippen MR) is 84.3 cm³/mol. The smallest absolute Gasteiger partial charge is 0.330 e. The highest BCUT2D eigenvalue weighted by Gasteiger charge is 2.20. The molecule has 1 saturated heterocycles. The standard InChI is InChI=1S/C18H18O4/c1-2-20-17(19)10-8-13-7-9-16(18-21-11-12-22-18)15-6-4-3-5-14(13)15/h3-10,18H,2,11-12H2,1H3/b10-8+. The lowest BCUT2D eigenvalue weighted by molar-refractivity contribution is -0.137. The molecule has 1 heterocycles. The van der Waals surface area contributed by atoms with E-state index in [-0.39, 0.29) is 12.3 Å². The Kier molecular flexibility index (Phi) is 4.51. The molecule has 4 heteroatoms. The highest BCUT2D eigenvalue weighted by molar-refractivity contribution is 5.96. The summed E-state index contributed by atoms with van der Waals surface area (Å²) in [7, 11) is 0. The molecule has 0 spiro atoms. The third-order valence-electron chi connectivity index (χ3n) is 3.55. The summed E-state index contributed by atoms with van der Waals surface area (Å²) < 4.78 is 16.1. The minimum Gasteiger partial charge on any atom is -0.463 e. The van der Waals surface area contributed by atoms with Crippen LogP contribution in [0.4, 0.5) is 0 Å². The first-order valence-electron chi connectivity index (χ1n) is 7.39. The molecule has 22 heavy (non-hydrogen) atoms. The van der Waals surface area contributed by atoms with Crippen LogP contribution in [0.2, 0.25) is 0 Å². The summed E-state index contributed by atoms with van der Waals surface area (Å²) in [5.41, 5.74) is 1.98. The van der Waals surface area contributed by atoms with Crippen molar-refractivity contribution in [2.45, 2.75) is 13.2 Å². The van der Waals surface area contributed by atoms with Gasteiger partial charge in [-0.3, -0.25) is 0 Å². The highest BCUT2D eigenvalue weighted by Crippen LogP contribution is 2.32. The van der Waals surface area contributed by atoms with E-state index in [1.54, 1.807) is 13.0 Å². The predicted octanol–water partition coefficient (Wildman–Crippen LogP) is 3.46. The minimum atomic E-state index is -0.335. The topological polar surface area (TPSA) is 44.8 Å². The minimum absolute atomic E-state index is 0.312. The summed E-state index contributed by atoms with van der Waals surface area (Å²) in [4.78, 5) is 11.5. The average Bonchev–Trinajstić information content (AvgIpc) is 3.07. The van der Waals surface area contributed by atoms with E-state index in [1.807, 2.05) is 36.4 Å². The molecule has 0 aromatic heterocycles. The molecule has 1 aliphatic rings. The second kappa shape index (κ2) is 6.73. The number of hydrogen-bond acceptors (Lipinski definition) is 4. The maximum absolute atomic E-state index is 11.5. The first-order valence-corrected chi connectivity index (χ1v) is 7.39. The van der Waals surface area contributed by atoms with Crippen molar-refractivity contribution in [3.8, 4) is 0 Å². The van der Waals surface area contributed by atoms with Crippen molar-refractivity contribution in [1.29, 1.82) is 0 Å². The molecular formula is C18H18O4. The molecule has 0 atom stereocenters. The normalized spacial score (nSPS) is 15.7. The molecule has 0 unspecified atom stereocenters. The Morgan fingerprint density at radius 3 is 2.64 bits per heavy atom. The number of carbonyl (C=O) groups is 1. The molecule has 1 aliphatic heterocycles. The second-order valence-electron chi connectivity index (χ2n) is 4.95. The number of carbonyl (C=O) groups excluding carboxylic acids is 1. The van der Waals surface area contributed by atoms with Crippen molar-refractivity contribution in [3.05, 3.63) is 53.6 Å². The van der Waals surface area contributed by atoms with Crippen molar-refractivity contribution in [2.24, 2.45) is 0 Å². The van der Waals surface area contributed by atoms with Gasteiger partial charge in [0.25, 0.3) is 0 Å². The zero-order valence-electron chi connectivity index (χ0n) is 12.5. The van der Waals surface area contributed by atoms with E-state index in [0.29, 0.717) is 19.8 Å². The molecule has 114 valence electrons. The Morgan fingerprint density at radius 2 is 1.91 bits per heavy atom. The highest BCUT2D eigenvalue weighted by atomic mass is 16.7. The third kappa shape index (κ3) is 3.03. The van der Waals surface area contributed by atoms with Crippen molar-refractivity contribution in [2.75, 3.05) is 19.8 Å². The Hall–Kier alpha value is -2.17. The molecule has 3 rings (SSSR count). The molecule has 0 saturated carbocycles. The number of rotatable bonds is 4. The number of fused-ring (bicyclic) bond motifs is 1. The van der Waals surface area contributed by atoms with Gasteiger partial charge >= 0.3 is 5.97 Å². The van der Waals surface area contributed by atoms with Crippen LogP contribution in [0.3, 0.4) is 0 Å². The van der Waals surface area contributed by atoms with E-state index in [2.05, 4.69) is 0 Å². The summed E-state index contributed by atoms with van der Waals surface area (Å²) in [5, 5.41) is 2.13. The van der Waals surface area contributed by atoms with Crippen molar-refractivity contribution in [1.82, 2.24) is 0 Å². The molecule has 1 fully saturated rings. The average molecular weight is 298 g/mol. The lowest BCUT2D eigenvalue weighted by Crippen LogP contribution is -2.00. The first-order chi connectivity index (χ1) is 10.8. The Morgan fingerprint density at radius 1 is 1.18 bits per heavy atom. The van der Waals surface area contributed by atoms with Gasteiger partial charge in [0.05, 0.1) is 19.8 Å². The summed E-state index contributed by atoms with van der Waals surface area (Å²) in [6.07, 6.45) is 2.92. The van der Waals surface area contributed by atoms with Crippen LogP contribution >= 0.6 is 0 Å². The van der Waals surface area contributed by atoms with Gasteiger partial charge < -0.3 is 14.2 Å². The SMILES string of the molecule is CCOC(=O)/C=C/c1ccc(C2OCCO2)c2ccccc12. The van der Waals surface area contributed by atoms with Crippen LogP contribution in [0.5, 0.6) is 0 Å². The van der Waals surface area contributed by atoms with Gasteiger partial charge in [0.2, 0.25) is 0 Å². The Balaban J connectivity index is 1.99. The molecule has 0 radical (unpaired) electrons. The summed E-state index contributed by atoms with van der Waals surface area (Å²) in [6, 6.07) is 12.0. The van der Waals surface area contributed by atoms with E-state index in [4.69, 9.17) is 14.2 Å². The van der Waals surface area contributed by atoms with Gasteiger partial charge in [0.1, 0.15) is 0 Å². The maximum atomic E-state index is 11.5. The van der Waals surface area contributed by atoms with Gasteiger partial charge in [0.15, 0.2) is 6.29 Å². The zero-order valence-corrected chi connectivity index (χ0v) is 12.5. The summed E-state index contributed by atoms with van der Waals surface area (Å²) >= 11 is 0. The van der Waals surface area contributed by atoms with E-state index in [0.717, 1.165) is 21.9 Å². The molecule has 0 bridgehead atoms. The van der Waals surface area contributed by atoms with Crippen LogP contribution in [-0.2, 0) is 19.0 Å². The lowest BCUT2D eigenvalue weighted by atomic mass is 9.99. The fourth-order valence-electron chi connectivity index (χ4n) is 2.58. The molecule has 4 nitrogen and oxygen atoms in total. The van der Waals surface area contributed by atoms with Crippen LogP contribution in [0.25, 0.3) is 16.8 Å². The Bertz CT molecular complexity index is 699. The fourth-order valence-corrected chi connectivity index (χ4v) is 2.58. The molecule has 0 N–H and O–H groups in total. The van der Waals surface area contributed by atoms with Gasteiger partial charge in [-0.15, -0.1) is 0 Å². The van der Waals surface area contributed by atoms with Crippen LogP contribution in [0.15, 0.2) is 42.5 Å². The van der Waals surface area contributed by atoms with E-state index >= 15 is 0 Å². The molecule has 2 aromatic carbocycles. The van der Waals surface area contributed by atoms with Gasteiger partial charge in [-0.1, -0.05) is 36.4 Å². The van der Waals surface area contributed by atoms with Crippen molar-refractivity contribution >= 4 is 22.8 Å². The van der Waals surface area contributed by atoms with Crippen LogP contribution in [0.1, 0.15) is 24.3 Å². The van der Waals surface area contributed by atoms with Gasteiger partial charge in [-0.25, -0.2) is 4.79 Å². The van der Waals surface area contributed by atoms with Crippen LogP contribution in [0, 0.1) is 0 Å². The molecular weight excluding hydrogens is 280 g/mol. The maximum Gasteiger partial charge on any atom is 0.330 e. The van der Waals surface area contributed by atoms with E-state index in [9.17, 15) is 4.79 Å². The van der Waals surface area contributed by atoms with Crippen LogP contribution in [-0.4, -0.2) is 25.8 Å². The second-order valence-corrected chi connectivity index (χ2v) is 4.95. The number of ether oxygens (including phenoxy) is 3. The summed E-state index contributed by atoms with van der Waals surface area (Å²) in [6.45, 7) is 3.39. The molecule has 2 aromatic rings. The summed E-state index contributed by atoms with van der Waals surface area (Å²) in [5.74, 6) is -0.335. The Labute approximate surface area is 129 Å². The fraction of sp³-hybridized carbons (Fsp3) is 0.278. The monoisotopic (exact) mass is 298 g/mol. The van der Waals surface area contributed by atoms with E-state index < -0.39 is 0 Å². The lowest BCUT2D eigenvalue weighted by Gasteiger charge is -2.14. The molecule has 0 amide bonds. The number of hydrogen-bond donors (Lipinski definition) is 0. The van der Waals surface area contributed by atoms with Gasteiger partial charge in [-0.2, -0.15) is 0 Å². The largest absolute Gasteiger partial charge is 0.463 e. The third-order valence-corrected chi connectivity index (χ3v) is 3.55. The van der Waals surface area contributed by atoms with Crippen molar-refractivity contribution in [3.63, 3.8) is 0 Å². The number of benzene rings is 2. The van der Waals surface area contributed by atoms with Gasteiger partial charge in [0, 0.05) is 11.6 Å². The first kappa shape index (κ1) is 14.8. The quantitative estimate of drug-likeness (QED) is 0.640. The van der Waals surface area contributed by atoms with Crippen LogP contribution < -0.4 is 0 Å². The molecule has 0 aliphatic carbocycles. The van der Waals surface area contributed by atoms with E-state index in [1.165, 1.54) is 6.08 Å². The van der Waals surface area contributed by atoms with Crippen molar-refractivity contribution < 1.29 is 19.0 Å². The zero-order chi connectivity index (χ0) is 15.4.